The van der Waals surface area contributed by atoms with E-state index in [0.29, 0.717) is 36.8 Å². The number of aromatic nitrogens is 4. The van der Waals surface area contributed by atoms with Crippen molar-refractivity contribution in [3.05, 3.63) is 325 Å². The summed E-state index contributed by atoms with van der Waals surface area (Å²) in [5, 5.41) is 46.4. The third-order valence-electron chi connectivity index (χ3n) is 19.1. The molecule has 8 aromatic carbocycles. The number of carbonyl (C=O) groups is 8. The highest BCUT2D eigenvalue weighted by molar-refractivity contribution is 6.35. The summed E-state index contributed by atoms with van der Waals surface area (Å²) in [5.74, 6) is -7.82. The highest BCUT2D eigenvalue weighted by atomic mass is 35.5. The van der Waals surface area contributed by atoms with Crippen LogP contribution in [0.15, 0.2) is 200 Å². The number of rotatable bonds is 24. The first-order chi connectivity index (χ1) is 64.3. The molecule has 0 spiro atoms. The van der Waals surface area contributed by atoms with E-state index in [1.165, 1.54) is 187 Å². The number of nitrogens with one attached hydrogen (secondary N) is 11. The SMILES string of the molecule is CN=C(N)c1ccc(C(=O)Nc2c(OC)cc(Cl)cc2C(=O)Nc2ccc(Cl)cn2)c(F)c1.COc1cc(Cl)cc(C(=O)Nc2ccc(Cl)cn2)c1NC(=O)c1ccc(C(=N)N(C)C)cc1F.COc1cc(Cl)cc(C(=O)Nc2ccc(Cl)cn2)c1NC(=O)c1ccc(C(=N)N)cc1F.COc1cc(Cl)cc(C(=O)Nc2ccc(Cl)cn2)c1NC(=O)c1ccc(C(=N)N2CCCC2)cc1F. The van der Waals surface area contributed by atoms with E-state index >= 15 is 0 Å². The standard InChI is InChI=1S/C25H22Cl2FN5O3.C23H20Cl2FN5O3.C22H18Cl2FN5O3.C21H16Cl2FN5O3/c1-36-20-12-16(27)11-18(25(35)31-21-7-5-15(26)13-30-21)22(20)32-24(34)17-6-4-14(10-19(17)28)23(29)33-8-2-3-9-33;1-31(2)21(27)12-4-6-15(17(26)8-12)22(32)30-20-16(9-14(25)10-18(20)34-3)23(33)29-19-7-5-13(24)11-28-19;1-27-20(26)11-3-5-14(16(25)7-11)21(31)30-19-15(8-13(24)9-17(19)33-2)22(32)29-18-6-4-12(23)10-28-18;1-32-16-8-12(23)7-14(21(31)28-17-5-3-11(22)9-27-17)18(16)29-20(30)13-4-2-10(19(25)26)6-15(13)24/h4-7,10-13,29H,2-3,8-9H2,1H3,(H,32,34)(H,30,31,35);4-11,27H,1-3H3,(H,30,32)(H,28,29,33);3-10H,1-2H3,(H2,26,27)(H,30,31)(H,28,29,32);2-9H,1H3,(H3,25,26)(H,29,30)(H,27,28,31). The first-order valence-electron chi connectivity index (χ1n) is 39.1. The number of aliphatic imine (C=N–C) groups is 1. The second kappa shape index (κ2) is 47.0. The topological polar surface area (TPSA) is 464 Å². The number of likely N-dealkylation sites (tertiary alicyclic amines) is 1. The minimum Gasteiger partial charge on any atom is -0.494 e. The molecule has 8 amide bonds. The summed E-state index contributed by atoms with van der Waals surface area (Å²) in [7, 11) is 10.1. The van der Waals surface area contributed by atoms with Crippen LogP contribution in [0.25, 0.3) is 0 Å². The van der Waals surface area contributed by atoms with Crippen molar-refractivity contribution in [1.29, 1.82) is 16.2 Å². The lowest BCUT2D eigenvalue weighted by atomic mass is 10.1. The second-order valence-electron chi connectivity index (χ2n) is 28.3. The normalized spacial score (nSPS) is 11.2. The lowest BCUT2D eigenvalue weighted by Gasteiger charge is -2.19. The van der Waals surface area contributed by atoms with Gasteiger partial charge in [0, 0.05) is 126 Å². The van der Waals surface area contributed by atoms with Crippen molar-refractivity contribution in [1.82, 2.24) is 29.7 Å². The van der Waals surface area contributed by atoms with Gasteiger partial charge in [0.1, 0.15) is 92.9 Å². The number of nitrogen functional groups attached to an aromatic ring is 1. The highest BCUT2D eigenvalue weighted by Gasteiger charge is 2.30. The van der Waals surface area contributed by atoms with Crippen molar-refractivity contribution < 1.29 is 74.9 Å². The number of benzene rings is 8. The largest absolute Gasteiger partial charge is 0.494 e. The van der Waals surface area contributed by atoms with Crippen LogP contribution in [0.2, 0.25) is 40.2 Å². The fourth-order valence-electron chi connectivity index (χ4n) is 12.4. The zero-order valence-electron chi connectivity index (χ0n) is 71.5. The molecule has 5 heterocycles. The molecule has 13 rings (SSSR count). The van der Waals surface area contributed by atoms with Crippen LogP contribution < -0.4 is 72.9 Å². The van der Waals surface area contributed by atoms with Crippen LogP contribution in [0, 0.1) is 39.5 Å². The fraction of sp³-hybridized carbons (Fsp3) is 0.121. The predicted octanol–water partition coefficient (Wildman–Crippen LogP) is 19.1. The summed E-state index contributed by atoms with van der Waals surface area (Å²) < 4.78 is 79.8. The predicted molar refractivity (Wildman–Crippen MR) is 514 cm³/mol. The summed E-state index contributed by atoms with van der Waals surface area (Å²) in [4.78, 5) is 127. The first kappa shape index (κ1) is 102. The van der Waals surface area contributed by atoms with E-state index in [-0.39, 0.29) is 163 Å². The van der Waals surface area contributed by atoms with Crippen molar-refractivity contribution in [2.75, 3.05) is 105 Å². The number of nitrogens with zero attached hydrogens (tertiary/aromatic N) is 7. The minimum absolute atomic E-state index is 0.00326. The monoisotopic (exact) mass is 2000 g/mol. The quantitative estimate of drug-likeness (QED) is 0.0152. The van der Waals surface area contributed by atoms with Gasteiger partial charge in [-0.2, -0.15) is 0 Å². The van der Waals surface area contributed by atoms with Crippen LogP contribution in [-0.2, 0) is 0 Å². The Kier molecular flexibility index (Phi) is 35.7. The molecule has 44 heteroatoms. The maximum Gasteiger partial charge on any atom is 0.259 e. The molecule has 135 heavy (non-hydrogen) atoms. The van der Waals surface area contributed by atoms with E-state index in [2.05, 4.69) is 67.5 Å². The van der Waals surface area contributed by atoms with Gasteiger partial charge in [-0.05, 0) is 134 Å². The number of pyridine rings is 4. The molecular weight excluding hydrogens is 1920 g/mol. The van der Waals surface area contributed by atoms with Gasteiger partial charge >= 0.3 is 0 Å². The van der Waals surface area contributed by atoms with E-state index < -0.39 is 70.5 Å². The van der Waals surface area contributed by atoms with Gasteiger partial charge < -0.3 is 82.7 Å². The van der Waals surface area contributed by atoms with Gasteiger partial charge in [0.05, 0.1) is 116 Å². The number of halogens is 12. The summed E-state index contributed by atoms with van der Waals surface area (Å²) in [6.45, 7) is 1.49. The van der Waals surface area contributed by atoms with Crippen LogP contribution in [-0.4, -0.2) is 163 Å². The zero-order valence-corrected chi connectivity index (χ0v) is 77.6. The lowest BCUT2D eigenvalue weighted by molar-refractivity contribution is 0.100. The molecule has 0 bridgehead atoms. The van der Waals surface area contributed by atoms with E-state index in [1.807, 2.05) is 4.90 Å². The Bertz CT molecular complexity index is 6630. The average molecular weight is 2000 g/mol. The van der Waals surface area contributed by atoms with Crippen LogP contribution in [0.4, 0.5) is 63.6 Å². The second-order valence-corrected chi connectivity index (χ2v) is 31.8. The number of anilines is 8. The van der Waals surface area contributed by atoms with Crippen molar-refractivity contribution in [2.24, 2.45) is 16.5 Å². The van der Waals surface area contributed by atoms with Crippen molar-refractivity contribution >= 4 is 209 Å². The number of ether oxygens (including phenoxy) is 4. The lowest BCUT2D eigenvalue weighted by Crippen LogP contribution is -2.28. The molecule has 0 unspecified atom stereocenters. The molecule has 0 atom stereocenters. The number of hydrogen-bond donors (Lipinski definition) is 13. The maximum atomic E-state index is 14.9. The summed E-state index contributed by atoms with van der Waals surface area (Å²) in [6.07, 6.45) is 7.42. The Balaban J connectivity index is 0.000000186. The molecule has 1 fully saturated rings. The van der Waals surface area contributed by atoms with Gasteiger partial charge in [0.2, 0.25) is 0 Å². The molecule has 0 saturated carbocycles. The van der Waals surface area contributed by atoms with Gasteiger partial charge in [0.15, 0.2) is 0 Å². The molecular formula is C91H76Cl8F4N20O12. The Morgan fingerprint density at radius 1 is 0.348 bits per heavy atom. The van der Waals surface area contributed by atoms with Crippen molar-refractivity contribution in [3.63, 3.8) is 0 Å². The van der Waals surface area contributed by atoms with Crippen molar-refractivity contribution in [3.8, 4) is 23.0 Å². The summed E-state index contributed by atoms with van der Waals surface area (Å²) in [5.41, 5.74) is 10.9. The van der Waals surface area contributed by atoms with Gasteiger partial charge in [-0.3, -0.25) is 59.6 Å². The molecule has 12 aromatic rings. The Hall–Kier alpha value is -14.8. The first-order valence-corrected chi connectivity index (χ1v) is 42.1. The van der Waals surface area contributed by atoms with E-state index in [4.69, 9.17) is 139 Å². The third-order valence-corrected chi connectivity index (χ3v) is 20.8. The molecule has 15 N–H and O–H groups in total. The molecule has 32 nitrogen and oxygen atoms in total. The van der Waals surface area contributed by atoms with Crippen molar-refractivity contribution in [2.45, 2.75) is 12.8 Å². The van der Waals surface area contributed by atoms with E-state index in [1.54, 1.807) is 38.4 Å². The number of amidine groups is 4. The number of carbonyl (C=O) groups excluding carboxylic acids is 8. The smallest absolute Gasteiger partial charge is 0.259 e. The highest BCUT2D eigenvalue weighted by Crippen LogP contribution is 2.39. The molecule has 696 valence electrons. The number of nitrogens with two attached hydrogens (primary N) is 2. The van der Waals surface area contributed by atoms with E-state index in [9.17, 15) is 55.9 Å². The summed E-state index contributed by atoms with van der Waals surface area (Å²) in [6, 6.07) is 38.3. The van der Waals surface area contributed by atoms with E-state index in [0.717, 1.165) is 50.2 Å². The number of hydrogen-bond acceptors (Lipinski definition) is 20. The summed E-state index contributed by atoms with van der Waals surface area (Å²) >= 11 is 47.8. The van der Waals surface area contributed by atoms with Gasteiger partial charge in [-0.25, -0.2) is 37.5 Å². The van der Waals surface area contributed by atoms with Crippen LogP contribution in [0.1, 0.15) is 118 Å². The Morgan fingerprint density at radius 3 is 0.852 bits per heavy atom. The zero-order chi connectivity index (χ0) is 98.3. The number of methoxy groups -OCH3 is 4. The molecule has 0 aliphatic carbocycles. The average Bonchev–Trinajstić information content (AvgIpc) is 1.07. The molecule has 1 saturated heterocycles. The Morgan fingerprint density at radius 2 is 0.600 bits per heavy atom. The van der Waals surface area contributed by atoms with Crippen LogP contribution in [0.5, 0.6) is 23.0 Å². The van der Waals surface area contributed by atoms with Gasteiger partial charge in [0.25, 0.3) is 47.3 Å². The molecule has 0 radical (unpaired) electrons. The maximum absolute atomic E-state index is 14.9. The van der Waals surface area contributed by atoms with Gasteiger partial charge in [-0.15, -0.1) is 0 Å². The van der Waals surface area contributed by atoms with Gasteiger partial charge in [-0.1, -0.05) is 117 Å². The molecule has 1 aliphatic heterocycles. The fourth-order valence-corrected chi connectivity index (χ4v) is 13.7. The minimum atomic E-state index is -0.889. The van der Waals surface area contributed by atoms with Crippen LogP contribution >= 0.6 is 92.8 Å². The number of amides is 8. The molecule has 4 aromatic heterocycles. The van der Waals surface area contributed by atoms with Crippen LogP contribution in [0.3, 0.4) is 0 Å². The molecule has 1 aliphatic rings. The third kappa shape index (κ3) is 27.0. The Labute approximate surface area is 807 Å².